The Morgan fingerprint density at radius 2 is 0.986 bits per heavy atom. The van der Waals surface area contributed by atoms with Crippen molar-refractivity contribution in [3.8, 4) is 22.6 Å². The number of fused-ring (bicyclic) bond motifs is 17. The first-order valence-electron chi connectivity index (χ1n) is 24.4. The molecule has 0 saturated carbocycles. The Hall–Kier alpha value is -9.79. The molecule has 1 aliphatic heterocycles. The third-order valence-corrected chi connectivity index (χ3v) is 15.1. The maximum Gasteiger partial charge on any atom is 0.162 e. The highest BCUT2D eigenvalue weighted by Gasteiger charge is 2.27. The molecule has 0 amide bonds. The lowest BCUT2D eigenvalue weighted by atomic mass is 9.98. The number of nitrogens with zero attached hydrogens (tertiary/aromatic N) is 7. The standard InChI is InChI=1S/C64H39N7O/c1-2-15-39(16-3-1)43-24-11-25-50-46-21-5-4-19-44(46)45-20-6-7-23-49(45)59-63-58(37-66-67-59)68(38-69(63)60(43)50)40-17-10-18-41(35-40)72-42-32-33-48-52-27-13-29-54-53-28-12-26-51-47-22-8-9-30-55(47)70(61(51)53)56-31-14-34-65-64(56)71(62(52)54)57(48)36-42/h1-37H,38H2. The van der Waals surface area contributed by atoms with Crippen molar-refractivity contribution in [2.45, 2.75) is 6.67 Å². The molecule has 336 valence electrons. The SMILES string of the molecule is c1ccc(-c2cccc3c4ccccc4c4ccccc4c4nncc5c4n(c23)CN5c2cccc(Oc3ccc4c5cccc6c7cccc8c9ccccc9n(c9cccnc9n(c4c3)c56)c87)c2)cc1. The molecule has 9 aromatic carbocycles. The van der Waals surface area contributed by atoms with E-state index in [4.69, 9.17) is 19.9 Å². The molecule has 1 aliphatic rings. The fourth-order valence-corrected chi connectivity index (χ4v) is 12.1. The molecule has 0 fully saturated rings. The predicted molar refractivity (Wildman–Crippen MR) is 295 cm³/mol. The van der Waals surface area contributed by atoms with Gasteiger partial charge in [0.1, 0.15) is 23.7 Å². The first kappa shape index (κ1) is 39.1. The van der Waals surface area contributed by atoms with Gasteiger partial charge in [0.2, 0.25) is 0 Å². The van der Waals surface area contributed by atoms with Crippen molar-refractivity contribution in [3.63, 3.8) is 0 Å². The van der Waals surface area contributed by atoms with Gasteiger partial charge in [-0.2, -0.15) is 5.10 Å². The monoisotopic (exact) mass is 921 g/mol. The molecular weight excluding hydrogens is 883 g/mol. The first-order chi connectivity index (χ1) is 35.7. The summed E-state index contributed by atoms with van der Waals surface area (Å²) in [6, 6.07) is 75.9. The van der Waals surface area contributed by atoms with Crippen LogP contribution in [0, 0.1) is 0 Å². The maximum absolute atomic E-state index is 6.97. The third-order valence-electron chi connectivity index (χ3n) is 15.1. The third kappa shape index (κ3) is 5.43. The van der Waals surface area contributed by atoms with Crippen LogP contribution in [-0.2, 0) is 6.67 Å². The molecular formula is C64H39N7O. The van der Waals surface area contributed by atoms with E-state index >= 15 is 0 Å². The molecule has 0 N–H and O–H groups in total. The first-order valence-corrected chi connectivity index (χ1v) is 24.4. The molecule has 72 heavy (non-hydrogen) atoms. The molecule has 8 nitrogen and oxygen atoms in total. The van der Waals surface area contributed by atoms with Gasteiger partial charge in [0, 0.05) is 72.7 Å². The van der Waals surface area contributed by atoms with Gasteiger partial charge in [-0.1, -0.05) is 158 Å². The Morgan fingerprint density at radius 1 is 0.403 bits per heavy atom. The molecule has 0 spiro atoms. The molecule has 6 aromatic heterocycles. The summed E-state index contributed by atoms with van der Waals surface area (Å²) in [5.74, 6) is 1.45. The normalized spacial score (nSPS) is 12.6. The number of rotatable bonds is 4. The summed E-state index contributed by atoms with van der Waals surface area (Å²) in [5, 5.41) is 22.4. The van der Waals surface area contributed by atoms with E-state index in [9.17, 15) is 0 Å². The molecule has 0 aliphatic carbocycles. The molecule has 7 heterocycles. The van der Waals surface area contributed by atoms with Gasteiger partial charge < -0.3 is 18.6 Å². The minimum Gasteiger partial charge on any atom is -0.457 e. The van der Waals surface area contributed by atoms with E-state index in [-0.39, 0.29) is 0 Å². The molecule has 15 aromatic rings. The summed E-state index contributed by atoms with van der Waals surface area (Å²) in [4.78, 5) is 7.52. The minimum atomic E-state index is 0.521. The largest absolute Gasteiger partial charge is 0.457 e. The lowest BCUT2D eigenvalue weighted by Gasteiger charge is -2.20. The Kier molecular flexibility index (Phi) is 8.07. The van der Waals surface area contributed by atoms with Crippen LogP contribution in [0.4, 0.5) is 11.4 Å². The smallest absolute Gasteiger partial charge is 0.162 e. The summed E-state index contributed by atoms with van der Waals surface area (Å²) < 4.78 is 14.2. The van der Waals surface area contributed by atoms with Crippen LogP contribution in [0.2, 0.25) is 0 Å². The van der Waals surface area contributed by atoms with Crippen molar-refractivity contribution in [2.24, 2.45) is 0 Å². The van der Waals surface area contributed by atoms with Gasteiger partial charge >= 0.3 is 0 Å². The number of hydrogen-bond acceptors (Lipinski definition) is 5. The van der Waals surface area contributed by atoms with E-state index in [1.54, 1.807) is 0 Å². The number of para-hydroxylation sites is 4. The van der Waals surface area contributed by atoms with Crippen LogP contribution in [0.15, 0.2) is 225 Å². The average molecular weight is 922 g/mol. The zero-order chi connectivity index (χ0) is 47.0. The quantitative estimate of drug-likeness (QED) is 0.176. The van der Waals surface area contributed by atoms with Crippen LogP contribution in [0.1, 0.15) is 0 Å². The summed E-state index contributed by atoms with van der Waals surface area (Å²) in [6.07, 6.45) is 3.81. The Labute approximate surface area is 410 Å². The van der Waals surface area contributed by atoms with E-state index in [0.717, 1.165) is 121 Å². The summed E-state index contributed by atoms with van der Waals surface area (Å²) in [7, 11) is 0. The Morgan fingerprint density at radius 3 is 1.78 bits per heavy atom. The zero-order valence-corrected chi connectivity index (χ0v) is 38.6. The molecule has 0 saturated heterocycles. The van der Waals surface area contributed by atoms with Crippen LogP contribution in [-0.4, -0.2) is 28.5 Å². The van der Waals surface area contributed by atoms with Crippen molar-refractivity contribution < 1.29 is 4.74 Å². The highest BCUT2D eigenvalue weighted by molar-refractivity contribution is 6.25. The van der Waals surface area contributed by atoms with E-state index in [1.807, 2.05) is 24.5 Å². The second kappa shape index (κ2) is 14.9. The van der Waals surface area contributed by atoms with Crippen LogP contribution in [0.5, 0.6) is 11.5 Å². The van der Waals surface area contributed by atoms with Crippen molar-refractivity contribution >= 4 is 120 Å². The number of anilines is 2. The van der Waals surface area contributed by atoms with Gasteiger partial charge in [-0.05, 0) is 64.2 Å². The summed E-state index contributed by atoms with van der Waals surface area (Å²) in [6.45, 7) is 0.521. The van der Waals surface area contributed by atoms with Crippen LogP contribution in [0.3, 0.4) is 0 Å². The van der Waals surface area contributed by atoms with E-state index in [1.165, 1.54) is 21.7 Å². The topological polar surface area (TPSA) is 64.9 Å². The summed E-state index contributed by atoms with van der Waals surface area (Å²) >= 11 is 0. The second-order valence-electron chi connectivity index (χ2n) is 18.8. The lowest BCUT2D eigenvalue weighted by Crippen LogP contribution is -2.15. The van der Waals surface area contributed by atoms with E-state index < -0.39 is 0 Å². The molecule has 16 rings (SSSR count). The van der Waals surface area contributed by atoms with Gasteiger partial charge in [-0.25, -0.2) is 4.98 Å². The Bertz CT molecular complexity index is 4900. The van der Waals surface area contributed by atoms with Crippen molar-refractivity contribution in [1.29, 1.82) is 0 Å². The lowest BCUT2D eigenvalue weighted by molar-refractivity contribution is 0.483. The molecule has 0 bridgehead atoms. The van der Waals surface area contributed by atoms with Gasteiger partial charge in [-0.15, -0.1) is 5.10 Å². The molecule has 0 atom stereocenters. The number of pyridine rings is 1. The van der Waals surface area contributed by atoms with Crippen LogP contribution < -0.4 is 9.64 Å². The molecule has 8 heteroatoms. The van der Waals surface area contributed by atoms with Crippen LogP contribution in [0.25, 0.3) is 120 Å². The van der Waals surface area contributed by atoms with Gasteiger partial charge in [0.25, 0.3) is 0 Å². The average Bonchev–Trinajstić information content (AvgIpc) is 4.11. The predicted octanol–water partition coefficient (Wildman–Crippen LogP) is 16.3. The van der Waals surface area contributed by atoms with Crippen molar-refractivity contribution in [1.82, 2.24) is 28.5 Å². The van der Waals surface area contributed by atoms with Gasteiger partial charge in [0.05, 0.1) is 50.5 Å². The van der Waals surface area contributed by atoms with E-state index in [0.29, 0.717) is 6.67 Å². The minimum absolute atomic E-state index is 0.521. The second-order valence-corrected chi connectivity index (χ2v) is 18.8. The zero-order valence-electron chi connectivity index (χ0n) is 38.6. The fourth-order valence-electron chi connectivity index (χ4n) is 12.1. The highest BCUT2D eigenvalue weighted by atomic mass is 16.5. The number of hydrogen-bond donors (Lipinski definition) is 0. The fraction of sp³-hybridized carbons (Fsp3) is 0.0156. The van der Waals surface area contributed by atoms with E-state index in [2.05, 4.69) is 218 Å². The molecule has 0 unspecified atom stereocenters. The van der Waals surface area contributed by atoms with Crippen molar-refractivity contribution in [2.75, 3.05) is 4.90 Å². The van der Waals surface area contributed by atoms with Gasteiger partial charge in [-0.3, -0.25) is 4.40 Å². The Balaban J connectivity index is 0.898. The van der Waals surface area contributed by atoms with Crippen molar-refractivity contribution in [3.05, 3.63) is 225 Å². The maximum atomic E-state index is 6.97. The van der Waals surface area contributed by atoms with Crippen LogP contribution >= 0.6 is 0 Å². The molecule has 0 radical (unpaired) electrons. The van der Waals surface area contributed by atoms with Gasteiger partial charge in [0.15, 0.2) is 5.65 Å². The highest BCUT2D eigenvalue weighted by Crippen LogP contribution is 2.45. The number of benzene rings is 9. The number of ether oxygens (including phenoxy) is 1. The summed E-state index contributed by atoms with van der Waals surface area (Å²) in [5.41, 5.74) is 13.6. The number of aromatic nitrogens is 6.